The molecule has 8 heteroatoms. The number of hydrogen-bond acceptors (Lipinski definition) is 6. The quantitative estimate of drug-likeness (QED) is 0.362. The van der Waals surface area contributed by atoms with E-state index in [1.54, 1.807) is 43.3 Å². The van der Waals surface area contributed by atoms with Crippen molar-refractivity contribution < 1.29 is 28.7 Å². The largest absolute Gasteiger partial charge is 0.497 e. The van der Waals surface area contributed by atoms with Gasteiger partial charge >= 0.3 is 12.0 Å². The maximum atomic E-state index is 12.9. The number of nitrogens with one attached hydrogen (secondary N) is 1. The lowest BCUT2D eigenvalue weighted by atomic mass is 10.1. The van der Waals surface area contributed by atoms with Gasteiger partial charge in [0.25, 0.3) is 11.8 Å². The van der Waals surface area contributed by atoms with Crippen LogP contribution in [0.2, 0.25) is 0 Å². The molecular formula is C21H18N2O6. The van der Waals surface area contributed by atoms with Crippen LogP contribution in [-0.2, 0) is 14.4 Å². The Kier molecular flexibility index (Phi) is 5.73. The summed E-state index contributed by atoms with van der Waals surface area (Å²) in [5.41, 5.74) is 0.370. The lowest BCUT2D eigenvalue weighted by Gasteiger charge is -2.26. The number of carbonyl (C=O) groups excluding carboxylic acids is 4. The number of anilines is 1. The average Bonchev–Trinajstić information content (AvgIpc) is 2.72. The van der Waals surface area contributed by atoms with Crippen LogP contribution in [-0.4, -0.2) is 30.9 Å². The molecule has 0 aliphatic carbocycles. The first-order valence-electron chi connectivity index (χ1n) is 8.79. The summed E-state index contributed by atoms with van der Waals surface area (Å²) in [6, 6.07) is 11.9. The molecule has 0 aromatic heterocycles. The average molecular weight is 394 g/mol. The van der Waals surface area contributed by atoms with Crippen molar-refractivity contribution in [2.45, 2.75) is 13.3 Å². The van der Waals surface area contributed by atoms with Crippen molar-refractivity contribution in [2.75, 3.05) is 12.0 Å². The number of rotatable bonds is 5. The molecule has 1 fully saturated rings. The molecule has 4 amide bonds. The summed E-state index contributed by atoms with van der Waals surface area (Å²) in [5, 5.41) is 2.15. The van der Waals surface area contributed by atoms with Crippen LogP contribution >= 0.6 is 0 Å². The standard InChI is InChI=1S/C21H18N2O6/c1-3-18(24)29-17-7-5-4-6-13(17)12-16-19(25)22-21(27)23(20(16)26)14-8-10-15(28-2)11-9-14/h4-12H,3H2,1-2H3,(H,22,25,27)/b16-12-. The Hall–Kier alpha value is -3.94. The summed E-state index contributed by atoms with van der Waals surface area (Å²) in [6.07, 6.45) is 1.46. The minimum Gasteiger partial charge on any atom is -0.497 e. The van der Waals surface area contributed by atoms with Gasteiger partial charge in [0.2, 0.25) is 0 Å². The Balaban J connectivity index is 1.99. The van der Waals surface area contributed by atoms with Gasteiger partial charge in [0.05, 0.1) is 12.8 Å². The van der Waals surface area contributed by atoms with Gasteiger partial charge in [-0.25, -0.2) is 9.69 Å². The number of hydrogen-bond donors (Lipinski definition) is 1. The molecule has 148 valence electrons. The van der Waals surface area contributed by atoms with Crippen LogP contribution in [0.4, 0.5) is 10.5 Å². The zero-order valence-electron chi connectivity index (χ0n) is 15.8. The topological polar surface area (TPSA) is 102 Å². The third-order valence-corrected chi connectivity index (χ3v) is 4.16. The minimum absolute atomic E-state index is 0.171. The molecule has 0 atom stereocenters. The second kappa shape index (κ2) is 8.39. The van der Waals surface area contributed by atoms with E-state index in [2.05, 4.69) is 5.32 Å². The van der Waals surface area contributed by atoms with Crippen LogP contribution in [0.15, 0.2) is 54.1 Å². The molecule has 0 radical (unpaired) electrons. The maximum Gasteiger partial charge on any atom is 0.335 e. The summed E-state index contributed by atoms with van der Waals surface area (Å²) in [6.45, 7) is 1.65. The van der Waals surface area contributed by atoms with Crippen molar-refractivity contribution in [3.63, 3.8) is 0 Å². The van der Waals surface area contributed by atoms with Crippen molar-refractivity contribution in [1.82, 2.24) is 5.32 Å². The first kappa shape index (κ1) is 19.8. The molecule has 1 aliphatic heterocycles. The first-order chi connectivity index (χ1) is 13.9. The van der Waals surface area contributed by atoms with Gasteiger partial charge in [-0.1, -0.05) is 25.1 Å². The van der Waals surface area contributed by atoms with E-state index in [1.807, 2.05) is 0 Å². The third-order valence-electron chi connectivity index (χ3n) is 4.16. The van der Waals surface area contributed by atoms with Crippen LogP contribution in [0.3, 0.4) is 0 Å². The molecule has 0 spiro atoms. The molecule has 29 heavy (non-hydrogen) atoms. The van der Waals surface area contributed by atoms with E-state index in [1.165, 1.54) is 25.3 Å². The summed E-state index contributed by atoms with van der Waals surface area (Å²) >= 11 is 0. The number of barbiturate groups is 1. The van der Waals surface area contributed by atoms with E-state index in [-0.39, 0.29) is 23.4 Å². The van der Waals surface area contributed by atoms with E-state index < -0.39 is 23.8 Å². The van der Waals surface area contributed by atoms with Crippen LogP contribution in [0, 0.1) is 0 Å². The summed E-state index contributed by atoms with van der Waals surface area (Å²) in [4.78, 5) is 50.0. The monoisotopic (exact) mass is 394 g/mol. The van der Waals surface area contributed by atoms with Crippen LogP contribution in [0.5, 0.6) is 11.5 Å². The smallest absolute Gasteiger partial charge is 0.335 e. The molecule has 8 nitrogen and oxygen atoms in total. The zero-order valence-corrected chi connectivity index (χ0v) is 15.8. The molecule has 1 aliphatic rings. The minimum atomic E-state index is -0.854. The number of carbonyl (C=O) groups is 4. The van der Waals surface area contributed by atoms with Gasteiger partial charge in [-0.05, 0) is 36.4 Å². The third kappa shape index (κ3) is 4.16. The number of esters is 1. The van der Waals surface area contributed by atoms with E-state index in [0.29, 0.717) is 11.3 Å². The number of ether oxygens (including phenoxy) is 2. The summed E-state index contributed by atoms with van der Waals surface area (Å²) in [7, 11) is 1.50. The molecule has 2 aromatic rings. The van der Waals surface area contributed by atoms with Crippen molar-refractivity contribution in [3.05, 3.63) is 59.7 Å². The zero-order chi connectivity index (χ0) is 21.0. The van der Waals surface area contributed by atoms with Crippen molar-refractivity contribution in [3.8, 4) is 11.5 Å². The normalized spacial score (nSPS) is 15.3. The number of benzene rings is 2. The Morgan fingerprint density at radius 2 is 1.76 bits per heavy atom. The highest BCUT2D eigenvalue weighted by Gasteiger charge is 2.37. The van der Waals surface area contributed by atoms with E-state index in [4.69, 9.17) is 9.47 Å². The highest BCUT2D eigenvalue weighted by molar-refractivity contribution is 6.39. The van der Waals surface area contributed by atoms with Crippen molar-refractivity contribution in [2.24, 2.45) is 0 Å². The molecule has 1 saturated heterocycles. The molecular weight excluding hydrogens is 376 g/mol. The van der Waals surface area contributed by atoms with Crippen molar-refractivity contribution in [1.29, 1.82) is 0 Å². The van der Waals surface area contributed by atoms with Gasteiger partial charge in [-0.15, -0.1) is 0 Å². The summed E-state index contributed by atoms with van der Waals surface area (Å²) < 4.78 is 10.3. The predicted octanol–water partition coefficient (Wildman–Crippen LogP) is 2.68. The Bertz CT molecular complexity index is 1010. The molecule has 3 rings (SSSR count). The first-order valence-corrected chi connectivity index (χ1v) is 8.79. The van der Waals surface area contributed by atoms with Gasteiger partial charge in [0.1, 0.15) is 17.1 Å². The number of para-hydroxylation sites is 1. The molecule has 0 bridgehead atoms. The maximum absolute atomic E-state index is 12.9. The predicted molar refractivity (Wildman–Crippen MR) is 104 cm³/mol. The second-order valence-corrected chi connectivity index (χ2v) is 6.02. The number of nitrogens with zero attached hydrogens (tertiary/aromatic N) is 1. The lowest BCUT2D eigenvalue weighted by Crippen LogP contribution is -2.54. The summed E-state index contributed by atoms with van der Waals surface area (Å²) in [5.74, 6) is -1.32. The van der Waals surface area contributed by atoms with Gasteiger partial charge in [-0.2, -0.15) is 0 Å². The van der Waals surface area contributed by atoms with Crippen molar-refractivity contribution >= 4 is 35.6 Å². The molecule has 0 unspecified atom stereocenters. The number of urea groups is 1. The Labute approximate surface area is 166 Å². The molecule has 1 heterocycles. The fourth-order valence-electron chi connectivity index (χ4n) is 2.67. The molecule has 0 saturated carbocycles. The fourth-order valence-corrected chi connectivity index (χ4v) is 2.67. The van der Waals surface area contributed by atoms with Crippen LogP contribution in [0.25, 0.3) is 6.08 Å². The number of methoxy groups -OCH3 is 1. The fraction of sp³-hybridized carbons (Fsp3) is 0.143. The highest BCUT2D eigenvalue weighted by atomic mass is 16.5. The van der Waals surface area contributed by atoms with Crippen LogP contribution < -0.4 is 19.7 Å². The van der Waals surface area contributed by atoms with Gasteiger partial charge in [-0.3, -0.25) is 19.7 Å². The molecule has 1 N–H and O–H groups in total. The van der Waals surface area contributed by atoms with E-state index >= 15 is 0 Å². The Morgan fingerprint density at radius 1 is 1.07 bits per heavy atom. The SMILES string of the molecule is CCC(=O)Oc1ccccc1/C=C1/C(=O)NC(=O)N(c2ccc(OC)cc2)C1=O. The number of imide groups is 2. The van der Waals surface area contributed by atoms with Crippen LogP contribution in [0.1, 0.15) is 18.9 Å². The van der Waals surface area contributed by atoms with Gasteiger partial charge < -0.3 is 9.47 Å². The van der Waals surface area contributed by atoms with Gasteiger partial charge in [0, 0.05) is 12.0 Å². The second-order valence-electron chi connectivity index (χ2n) is 6.02. The highest BCUT2D eigenvalue weighted by Crippen LogP contribution is 2.26. The lowest BCUT2D eigenvalue weighted by molar-refractivity contribution is -0.134. The van der Waals surface area contributed by atoms with E-state index in [0.717, 1.165) is 4.90 Å². The van der Waals surface area contributed by atoms with Gasteiger partial charge in [0.15, 0.2) is 0 Å². The number of amides is 4. The molecule has 2 aromatic carbocycles. The van der Waals surface area contributed by atoms with E-state index in [9.17, 15) is 19.2 Å². The Morgan fingerprint density at radius 3 is 2.41 bits per heavy atom.